The fourth-order valence-corrected chi connectivity index (χ4v) is 2.65. The summed E-state index contributed by atoms with van der Waals surface area (Å²) in [5.41, 5.74) is 0. The van der Waals surface area contributed by atoms with Gasteiger partial charge in [-0.3, -0.25) is 4.79 Å². The molecular weight excluding hydrogens is 176 g/mol. The Balaban J connectivity index is 1.95. The van der Waals surface area contributed by atoms with Crippen molar-refractivity contribution in [3.8, 4) is 0 Å². The number of nitrogens with zero attached hydrogens (tertiary/aromatic N) is 1. The van der Waals surface area contributed by atoms with Crippen molar-refractivity contribution < 1.29 is 4.79 Å². The monoisotopic (exact) mass is 196 g/mol. The Hall–Kier alpha value is -0.570. The fourth-order valence-electron chi connectivity index (χ4n) is 2.65. The quantitative estimate of drug-likeness (QED) is 0.714. The van der Waals surface area contributed by atoms with Crippen molar-refractivity contribution >= 4 is 5.91 Å². The third-order valence-corrected chi connectivity index (χ3v) is 3.54. The maximum atomic E-state index is 12.1. The van der Waals surface area contributed by atoms with Gasteiger partial charge in [0, 0.05) is 19.1 Å². The first-order valence-electron chi connectivity index (χ1n) is 5.84. The largest absolute Gasteiger partial charge is 0.339 e. The lowest BCUT2D eigenvalue weighted by Crippen LogP contribution is -2.40. The minimum absolute atomic E-state index is 0.266. The Morgan fingerprint density at radius 2 is 2.36 bits per heavy atom. The molecule has 2 rings (SSSR count). The van der Waals surface area contributed by atoms with Gasteiger partial charge in [-0.05, 0) is 32.2 Å². The Morgan fingerprint density at radius 3 is 3.00 bits per heavy atom. The van der Waals surface area contributed by atoms with Gasteiger partial charge in [0.05, 0.1) is 5.92 Å². The summed E-state index contributed by atoms with van der Waals surface area (Å²) in [5.74, 6) is 0.668. The molecule has 0 radical (unpaired) electrons. The van der Waals surface area contributed by atoms with Crippen LogP contribution in [0.5, 0.6) is 0 Å². The standard InChI is InChI=1S/C11H20N2O/c1-2-10-4-3-7-13(10)11(14)9-5-6-12-8-9/h9-10,12H,2-8H2,1H3/t9-,10?/m1/s1. The molecule has 3 heteroatoms. The first-order valence-corrected chi connectivity index (χ1v) is 5.84. The van der Waals surface area contributed by atoms with E-state index in [9.17, 15) is 4.79 Å². The second-order valence-corrected chi connectivity index (χ2v) is 4.43. The number of amides is 1. The van der Waals surface area contributed by atoms with Crippen LogP contribution in [0.3, 0.4) is 0 Å². The van der Waals surface area contributed by atoms with E-state index in [1.165, 1.54) is 12.8 Å². The van der Waals surface area contributed by atoms with E-state index in [0.717, 1.165) is 32.5 Å². The van der Waals surface area contributed by atoms with Crippen LogP contribution in [0, 0.1) is 5.92 Å². The van der Waals surface area contributed by atoms with Crippen molar-refractivity contribution in [3.05, 3.63) is 0 Å². The van der Waals surface area contributed by atoms with Crippen molar-refractivity contribution in [1.29, 1.82) is 0 Å². The molecule has 1 N–H and O–H groups in total. The molecule has 3 nitrogen and oxygen atoms in total. The van der Waals surface area contributed by atoms with Gasteiger partial charge in [-0.15, -0.1) is 0 Å². The van der Waals surface area contributed by atoms with Gasteiger partial charge in [0.1, 0.15) is 0 Å². The van der Waals surface area contributed by atoms with Crippen LogP contribution in [0.2, 0.25) is 0 Å². The van der Waals surface area contributed by atoms with Crippen LogP contribution in [0.1, 0.15) is 32.6 Å². The molecule has 2 aliphatic heterocycles. The lowest BCUT2D eigenvalue weighted by molar-refractivity contribution is -0.135. The molecule has 1 amide bonds. The van der Waals surface area contributed by atoms with Crippen molar-refractivity contribution in [3.63, 3.8) is 0 Å². The molecule has 2 aliphatic rings. The molecule has 2 saturated heterocycles. The highest BCUT2D eigenvalue weighted by atomic mass is 16.2. The van der Waals surface area contributed by atoms with Crippen LogP contribution in [-0.2, 0) is 4.79 Å². The number of likely N-dealkylation sites (tertiary alicyclic amines) is 1. The van der Waals surface area contributed by atoms with Crippen LogP contribution in [0.4, 0.5) is 0 Å². The summed E-state index contributed by atoms with van der Waals surface area (Å²) in [4.78, 5) is 14.2. The second-order valence-electron chi connectivity index (χ2n) is 4.43. The van der Waals surface area contributed by atoms with E-state index in [2.05, 4.69) is 17.1 Å². The normalized spacial score (nSPS) is 32.5. The minimum atomic E-state index is 0.266. The van der Waals surface area contributed by atoms with E-state index in [1.807, 2.05) is 0 Å². The van der Waals surface area contributed by atoms with Gasteiger partial charge < -0.3 is 10.2 Å². The maximum absolute atomic E-state index is 12.1. The van der Waals surface area contributed by atoms with Crippen LogP contribution in [0.15, 0.2) is 0 Å². The number of hydrogen-bond donors (Lipinski definition) is 1. The molecule has 2 heterocycles. The van der Waals surface area contributed by atoms with Crippen molar-refractivity contribution in [2.24, 2.45) is 5.92 Å². The zero-order valence-corrected chi connectivity index (χ0v) is 8.96. The molecule has 0 aromatic carbocycles. The first kappa shape index (κ1) is 9.97. The Bertz CT molecular complexity index is 211. The zero-order chi connectivity index (χ0) is 9.97. The Morgan fingerprint density at radius 1 is 1.50 bits per heavy atom. The second kappa shape index (κ2) is 4.30. The van der Waals surface area contributed by atoms with Gasteiger partial charge >= 0.3 is 0 Å². The van der Waals surface area contributed by atoms with E-state index in [4.69, 9.17) is 0 Å². The molecule has 0 saturated carbocycles. The van der Waals surface area contributed by atoms with E-state index in [1.54, 1.807) is 0 Å². The third kappa shape index (κ3) is 1.78. The number of carbonyl (C=O) groups excluding carboxylic acids is 1. The minimum Gasteiger partial charge on any atom is -0.339 e. The summed E-state index contributed by atoms with van der Waals surface area (Å²) < 4.78 is 0. The molecule has 0 spiro atoms. The maximum Gasteiger partial charge on any atom is 0.227 e. The molecule has 0 aliphatic carbocycles. The number of carbonyl (C=O) groups is 1. The van der Waals surface area contributed by atoms with Crippen molar-refractivity contribution in [1.82, 2.24) is 10.2 Å². The van der Waals surface area contributed by atoms with Gasteiger partial charge in [-0.1, -0.05) is 6.92 Å². The number of nitrogens with one attached hydrogen (secondary N) is 1. The van der Waals surface area contributed by atoms with Gasteiger partial charge in [-0.25, -0.2) is 0 Å². The van der Waals surface area contributed by atoms with Gasteiger partial charge in [0.25, 0.3) is 0 Å². The average Bonchev–Trinajstić information content (AvgIpc) is 2.87. The zero-order valence-electron chi connectivity index (χ0n) is 8.96. The van der Waals surface area contributed by atoms with Crippen molar-refractivity contribution in [2.45, 2.75) is 38.6 Å². The molecule has 1 unspecified atom stereocenters. The summed E-state index contributed by atoms with van der Waals surface area (Å²) in [6.45, 7) is 5.09. The molecule has 14 heavy (non-hydrogen) atoms. The average molecular weight is 196 g/mol. The van der Waals surface area contributed by atoms with Crippen LogP contribution >= 0.6 is 0 Å². The summed E-state index contributed by atoms with van der Waals surface area (Å²) in [6.07, 6.45) is 4.56. The van der Waals surface area contributed by atoms with E-state index >= 15 is 0 Å². The number of rotatable bonds is 2. The molecule has 0 bridgehead atoms. The lowest BCUT2D eigenvalue weighted by Gasteiger charge is -2.26. The summed E-state index contributed by atoms with van der Waals surface area (Å²) in [6, 6.07) is 0.531. The van der Waals surface area contributed by atoms with Gasteiger partial charge in [-0.2, -0.15) is 0 Å². The van der Waals surface area contributed by atoms with Gasteiger partial charge in [0.2, 0.25) is 5.91 Å². The van der Waals surface area contributed by atoms with Gasteiger partial charge in [0.15, 0.2) is 0 Å². The smallest absolute Gasteiger partial charge is 0.227 e. The molecule has 0 aromatic heterocycles. The summed E-state index contributed by atoms with van der Waals surface area (Å²) in [5, 5.41) is 3.26. The SMILES string of the molecule is CCC1CCCN1C(=O)[C@@H]1CCNC1. The number of hydrogen-bond acceptors (Lipinski definition) is 2. The van der Waals surface area contributed by atoms with Crippen LogP contribution in [-0.4, -0.2) is 36.5 Å². The molecular formula is C11H20N2O. The van der Waals surface area contributed by atoms with Crippen LogP contribution in [0.25, 0.3) is 0 Å². The summed E-state index contributed by atoms with van der Waals surface area (Å²) >= 11 is 0. The van der Waals surface area contributed by atoms with Crippen molar-refractivity contribution in [2.75, 3.05) is 19.6 Å². The fraction of sp³-hybridized carbons (Fsp3) is 0.909. The predicted octanol–water partition coefficient (Wildman–Crippen LogP) is 0.997. The Labute approximate surface area is 85.8 Å². The van der Waals surface area contributed by atoms with E-state index < -0.39 is 0 Å². The summed E-state index contributed by atoms with van der Waals surface area (Å²) in [7, 11) is 0. The lowest BCUT2D eigenvalue weighted by atomic mass is 10.1. The first-order chi connectivity index (χ1) is 6.83. The topological polar surface area (TPSA) is 32.3 Å². The Kier molecular flexibility index (Phi) is 3.06. The third-order valence-electron chi connectivity index (χ3n) is 3.54. The van der Waals surface area contributed by atoms with E-state index in [-0.39, 0.29) is 5.92 Å². The molecule has 0 aromatic rings. The molecule has 2 atom stereocenters. The highest BCUT2D eigenvalue weighted by Gasteiger charge is 2.33. The molecule has 80 valence electrons. The molecule has 2 fully saturated rings. The van der Waals surface area contributed by atoms with E-state index in [0.29, 0.717) is 11.9 Å². The highest BCUT2D eigenvalue weighted by Crippen LogP contribution is 2.23. The van der Waals surface area contributed by atoms with Crippen LogP contribution < -0.4 is 5.32 Å². The predicted molar refractivity (Wildman–Crippen MR) is 56.0 cm³/mol. The highest BCUT2D eigenvalue weighted by molar-refractivity contribution is 5.80.